The molecule has 0 aliphatic rings. The van der Waals surface area contributed by atoms with E-state index in [9.17, 15) is 4.79 Å². The van der Waals surface area contributed by atoms with Gasteiger partial charge < -0.3 is 5.73 Å². The van der Waals surface area contributed by atoms with E-state index in [1.807, 2.05) is 29.6 Å². The van der Waals surface area contributed by atoms with Crippen molar-refractivity contribution < 1.29 is 4.79 Å². The molecule has 3 rings (SSSR count). The van der Waals surface area contributed by atoms with Gasteiger partial charge in [0.25, 0.3) is 0 Å². The molecule has 0 radical (unpaired) electrons. The number of fused-ring (bicyclic) bond motifs is 1. The van der Waals surface area contributed by atoms with Gasteiger partial charge in [0.1, 0.15) is 5.82 Å². The van der Waals surface area contributed by atoms with E-state index in [2.05, 4.69) is 10.2 Å². The average Bonchev–Trinajstić information content (AvgIpc) is 2.95. The number of nitrogen functional groups attached to an aromatic ring is 1. The molecule has 0 bridgehead atoms. The number of carbonyl (C=O) groups is 1. The Hall–Kier alpha value is -2.14. The molecule has 2 aromatic heterocycles. The predicted molar refractivity (Wildman–Crippen MR) is 68.3 cm³/mol. The first-order valence-corrected chi connectivity index (χ1v) is 5.95. The smallest absolute Gasteiger partial charge is 0.199 e. The van der Waals surface area contributed by atoms with Crippen LogP contribution in [0.25, 0.3) is 10.1 Å². The lowest BCUT2D eigenvalue weighted by Gasteiger charge is -2.01. The minimum absolute atomic E-state index is 0.0932. The van der Waals surface area contributed by atoms with Crippen molar-refractivity contribution in [3.05, 3.63) is 47.0 Å². The lowest BCUT2D eigenvalue weighted by molar-refractivity contribution is 0.104. The summed E-state index contributed by atoms with van der Waals surface area (Å²) in [5, 5.41) is 9.38. The van der Waals surface area contributed by atoms with Crippen molar-refractivity contribution >= 4 is 33.0 Å². The van der Waals surface area contributed by atoms with E-state index >= 15 is 0 Å². The summed E-state index contributed by atoms with van der Waals surface area (Å²) in [6, 6.07) is 7.67. The summed E-state index contributed by atoms with van der Waals surface area (Å²) in [4.78, 5) is 12.3. The van der Waals surface area contributed by atoms with Gasteiger partial charge in [-0.15, -0.1) is 11.3 Å². The van der Waals surface area contributed by atoms with E-state index in [1.54, 1.807) is 11.3 Å². The van der Waals surface area contributed by atoms with E-state index in [-0.39, 0.29) is 5.78 Å². The summed E-state index contributed by atoms with van der Waals surface area (Å²) in [5.74, 6) is 0.216. The maximum absolute atomic E-state index is 12.3. The molecule has 0 fully saturated rings. The predicted octanol–water partition coefficient (Wildman–Crippen LogP) is 2.44. The number of anilines is 1. The molecule has 4 nitrogen and oxygen atoms in total. The number of benzene rings is 1. The van der Waals surface area contributed by atoms with Crippen molar-refractivity contribution in [1.29, 1.82) is 0 Å². The van der Waals surface area contributed by atoms with Gasteiger partial charge in [0.2, 0.25) is 0 Å². The second-order valence-corrected chi connectivity index (χ2v) is 4.59. The van der Waals surface area contributed by atoms with Crippen LogP contribution in [0.4, 0.5) is 5.82 Å². The Morgan fingerprint density at radius 3 is 2.94 bits per heavy atom. The average molecular weight is 243 g/mol. The van der Waals surface area contributed by atoms with Crippen molar-refractivity contribution in [2.45, 2.75) is 0 Å². The summed E-state index contributed by atoms with van der Waals surface area (Å²) >= 11 is 1.55. The lowest BCUT2D eigenvalue weighted by atomic mass is 10.0. The van der Waals surface area contributed by atoms with Gasteiger partial charge in [0.15, 0.2) is 5.78 Å². The number of rotatable bonds is 2. The Kier molecular flexibility index (Phi) is 2.19. The van der Waals surface area contributed by atoms with Crippen molar-refractivity contribution in [1.82, 2.24) is 10.2 Å². The molecule has 1 aromatic carbocycles. The highest BCUT2D eigenvalue weighted by atomic mass is 32.1. The number of thiophene rings is 1. The van der Waals surface area contributed by atoms with Gasteiger partial charge in [-0.1, -0.05) is 12.1 Å². The summed E-state index contributed by atoms with van der Waals surface area (Å²) in [5.41, 5.74) is 6.76. The Morgan fingerprint density at radius 1 is 1.29 bits per heavy atom. The molecule has 5 heteroatoms. The summed E-state index contributed by atoms with van der Waals surface area (Å²) in [6.45, 7) is 0. The number of ketones is 1. The van der Waals surface area contributed by atoms with Crippen LogP contribution in [0, 0.1) is 0 Å². The third kappa shape index (κ3) is 1.52. The Bertz CT molecular complexity index is 698. The number of nitrogens with zero attached hydrogens (tertiary/aromatic N) is 1. The fraction of sp³-hybridized carbons (Fsp3) is 0. The molecular formula is C12H9N3OS. The van der Waals surface area contributed by atoms with Crippen molar-refractivity contribution in [2.75, 3.05) is 5.73 Å². The van der Waals surface area contributed by atoms with Crippen LogP contribution in [0.5, 0.6) is 0 Å². The zero-order valence-corrected chi connectivity index (χ0v) is 9.62. The maximum atomic E-state index is 12.3. The number of aromatic nitrogens is 2. The minimum Gasteiger partial charge on any atom is -0.383 e. The van der Waals surface area contributed by atoms with E-state index in [0.29, 0.717) is 16.9 Å². The number of hydrogen-bond acceptors (Lipinski definition) is 4. The number of carbonyl (C=O) groups excluding carboxylic acids is 1. The highest BCUT2D eigenvalue weighted by Gasteiger charge is 2.16. The molecule has 0 aliphatic carbocycles. The first-order chi connectivity index (χ1) is 8.27. The standard InChI is InChI=1S/C12H9N3OS/c13-12-9(6-14-15-12)10(16)8-3-1-2-7-4-5-17-11(7)8/h1-6H,(H3,13,14,15). The number of H-pyrrole nitrogens is 1. The topological polar surface area (TPSA) is 71.8 Å². The van der Waals surface area contributed by atoms with Crippen molar-refractivity contribution in [3.63, 3.8) is 0 Å². The van der Waals surface area contributed by atoms with Gasteiger partial charge in [-0.25, -0.2) is 0 Å². The summed E-state index contributed by atoms with van der Waals surface area (Å²) in [6.07, 6.45) is 1.46. The Labute approximate surface area is 101 Å². The second-order valence-electron chi connectivity index (χ2n) is 3.67. The molecule has 3 aromatic rings. The molecule has 3 N–H and O–H groups in total. The molecule has 0 aliphatic heterocycles. The molecule has 0 saturated heterocycles. The highest BCUT2D eigenvalue weighted by molar-refractivity contribution is 7.17. The third-order valence-electron chi connectivity index (χ3n) is 2.64. The van der Waals surface area contributed by atoms with Gasteiger partial charge >= 0.3 is 0 Å². The molecular weight excluding hydrogens is 234 g/mol. The first kappa shape index (κ1) is 10.0. The van der Waals surface area contributed by atoms with Crippen LogP contribution in [0.3, 0.4) is 0 Å². The quantitative estimate of drug-likeness (QED) is 0.679. The lowest BCUT2D eigenvalue weighted by Crippen LogP contribution is -2.03. The van der Waals surface area contributed by atoms with Crippen LogP contribution in [0.1, 0.15) is 15.9 Å². The van der Waals surface area contributed by atoms with Crippen LogP contribution in [-0.4, -0.2) is 16.0 Å². The number of aromatic amines is 1. The minimum atomic E-state index is -0.0932. The Morgan fingerprint density at radius 2 is 2.18 bits per heavy atom. The molecule has 84 valence electrons. The van der Waals surface area contributed by atoms with Crippen LogP contribution < -0.4 is 5.73 Å². The second kappa shape index (κ2) is 3.71. The summed E-state index contributed by atoms with van der Waals surface area (Å²) in [7, 11) is 0. The van der Waals surface area contributed by atoms with Crippen LogP contribution in [0.2, 0.25) is 0 Å². The molecule has 0 atom stereocenters. The van der Waals surface area contributed by atoms with Gasteiger partial charge in [0, 0.05) is 10.3 Å². The van der Waals surface area contributed by atoms with Gasteiger partial charge in [0.05, 0.1) is 11.8 Å². The van der Waals surface area contributed by atoms with Gasteiger partial charge in [-0.3, -0.25) is 9.89 Å². The molecule has 0 amide bonds. The number of nitrogens with two attached hydrogens (primary N) is 1. The van der Waals surface area contributed by atoms with Gasteiger partial charge in [-0.2, -0.15) is 5.10 Å². The van der Waals surface area contributed by atoms with Crippen LogP contribution in [-0.2, 0) is 0 Å². The van der Waals surface area contributed by atoms with Crippen molar-refractivity contribution in [2.24, 2.45) is 0 Å². The zero-order chi connectivity index (χ0) is 11.8. The molecule has 17 heavy (non-hydrogen) atoms. The fourth-order valence-corrected chi connectivity index (χ4v) is 2.70. The van der Waals surface area contributed by atoms with E-state index < -0.39 is 0 Å². The third-order valence-corrected chi connectivity index (χ3v) is 3.60. The number of nitrogens with one attached hydrogen (secondary N) is 1. The van der Waals surface area contributed by atoms with E-state index in [4.69, 9.17) is 5.73 Å². The fourth-order valence-electron chi connectivity index (χ4n) is 1.79. The molecule has 0 spiro atoms. The van der Waals surface area contributed by atoms with E-state index in [1.165, 1.54) is 6.20 Å². The number of hydrogen-bond donors (Lipinski definition) is 2. The van der Waals surface area contributed by atoms with E-state index in [0.717, 1.165) is 10.1 Å². The Balaban J connectivity index is 2.19. The van der Waals surface area contributed by atoms with Crippen LogP contribution in [0.15, 0.2) is 35.8 Å². The van der Waals surface area contributed by atoms with Gasteiger partial charge in [-0.05, 0) is 22.9 Å². The highest BCUT2D eigenvalue weighted by Crippen LogP contribution is 2.27. The largest absolute Gasteiger partial charge is 0.383 e. The van der Waals surface area contributed by atoms with Crippen LogP contribution >= 0.6 is 11.3 Å². The normalized spacial score (nSPS) is 10.8. The summed E-state index contributed by atoms with van der Waals surface area (Å²) < 4.78 is 0.984. The maximum Gasteiger partial charge on any atom is 0.199 e. The zero-order valence-electron chi connectivity index (χ0n) is 8.81. The molecule has 0 unspecified atom stereocenters. The molecule has 0 saturated carbocycles. The SMILES string of the molecule is Nc1[nH]ncc1C(=O)c1cccc2ccsc12. The van der Waals surface area contributed by atoms with Crippen molar-refractivity contribution in [3.8, 4) is 0 Å². The monoisotopic (exact) mass is 243 g/mol. The first-order valence-electron chi connectivity index (χ1n) is 5.07. The molecule has 2 heterocycles.